The number of aromatic nitrogens is 1. The first-order valence-electron chi connectivity index (χ1n) is 8.21. The van der Waals surface area contributed by atoms with E-state index in [0.717, 1.165) is 25.1 Å². The van der Waals surface area contributed by atoms with Gasteiger partial charge in [-0.2, -0.15) is 0 Å². The molecule has 2 atom stereocenters. The van der Waals surface area contributed by atoms with Gasteiger partial charge in [0.2, 0.25) is 0 Å². The standard InChI is InChI=1S/C18H22N2O3S/c1-13(21)15-5-3-7-20(9-15)18(22)14-4-2-6-17(8-14)23-10-16-11-24-12-19-16/h2,4,6,8,11-13,15,21H,3,5,7,9-10H2,1H3. The van der Waals surface area contributed by atoms with Crippen molar-refractivity contribution in [2.24, 2.45) is 5.92 Å². The number of thiazole rings is 1. The predicted molar refractivity (Wildman–Crippen MR) is 93.2 cm³/mol. The Morgan fingerprint density at radius 2 is 2.42 bits per heavy atom. The van der Waals surface area contributed by atoms with Gasteiger partial charge >= 0.3 is 0 Å². The van der Waals surface area contributed by atoms with Crippen molar-refractivity contribution in [1.82, 2.24) is 9.88 Å². The van der Waals surface area contributed by atoms with Gasteiger partial charge < -0.3 is 14.7 Å². The number of aliphatic hydroxyl groups excluding tert-OH is 1. The minimum Gasteiger partial charge on any atom is -0.487 e. The van der Waals surface area contributed by atoms with E-state index < -0.39 is 0 Å². The molecule has 1 aromatic heterocycles. The third-order valence-corrected chi connectivity index (χ3v) is 5.01. The van der Waals surface area contributed by atoms with E-state index >= 15 is 0 Å². The van der Waals surface area contributed by atoms with E-state index in [9.17, 15) is 9.90 Å². The number of piperidine rings is 1. The highest BCUT2D eigenvalue weighted by molar-refractivity contribution is 7.07. The van der Waals surface area contributed by atoms with Gasteiger partial charge in [0.15, 0.2) is 0 Å². The lowest BCUT2D eigenvalue weighted by Crippen LogP contribution is -2.42. The number of nitrogens with zero attached hydrogens (tertiary/aromatic N) is 2. The molecule has 24 heavy (non-hydrogen) atoms. The number of hydrogen-bond donors (Lipinski definition) is 1. The lowest BCUT2D eigenvalue weighted by Gasteiger charge is -2.34. The Morgan fingerprint density at radius 1 is 1.54 bits per heavy atom. The molecule has 0 aliphatic carbocycles. The van der Waals surface area contributed by atoms with Crippen LogP contribution in [0.25, 0.3) is 0 Å². The van der Waals surface area contributed by atoms with Crippen molar-refractivity contribution >= 4 is 17.2 Å². The number of amides is 1. The van der Waals surface area contributed by atoms with Crippen LogP contribution in [0.4, 0.5) is 0 Å². The van der Waals surface area contributed by atoms with Crippen LogP contribution in [0.15, 0.2) is 35.2 Å². The summed E-state index contributed by atoms with van der Waals surface area (Å²) in [5, 5.41) is 11.7. The SMILES string of the molecule is CC(O)C1CCCN(C(=O)c2cccc(OCc3cscn3)c2)C1. The molecule has 0 radical (unpaired) electrons. The minimum atomic E-state index is -0.381. The summed E-state index contributed by atoms with van der Waals surface area (Å²) in [6.07, 6.45) is 1.52. The lowest BCUT2D eigenvalue weighted by molar-refractivity contribution is 0.0465. The molecule has 2 aromatic rings. The summed E-state index contributed by atoms with van der Waals surface area (Å²) in [4.78, 5) is 18.7. The summed E-state index contributed by atoms with van der Waals surface area (Å²) in [6, 6.07) is 7.27. The van der Waals surface area contributed by atoms with Gasteiger partial charge in [-0.05, 0) is 38.0 Å². The molecule has 5 nitrogen and oxygen atoms in total. The Hall–Kier alpha value is -1.92. The van der Waals surface area contributed by atoms with E-state index in [1.54, 1.807) is 18.5 Å². The van der Waals surface area contributed by atoms with Gasteiger partial charge in [-0.25, -0.2) is 4.98 Å². The molecule has 1 amide bonds. The summed E-state index contributed by atoms with van der Waals surface area (Å²) in [7, 11) is 0. The molecule has 1 N–H and O–H groups in total. The highest BCUT2D eigenvalue weighted by atomic mass is 32.1. The molecule has 1 aliphatic heterocycles. The van der Waals surface area contributed by atoms with E-state index in [1.807, 2.05) is 28.5 Å². The number of rotatable bonds is 5. The van der Waals surface area contributed by atoms with Crippen LogP contribution < -0.4 is 4.74 Å². The average molecular weight is 346 g/mol. The molecular formula is C18H22N2O3S. The van der Waals surface area contributed by atoms with E-state index in [2.05, 4.69) is 4.98 Å². The maximum absolute atomic E-state index is 12.7. The maximum atomic E-state index is 12.7. The van der Waals surface area contributed by atoms with Crippen molar-refractivity contribution in [3.05, 3.63) is 46.4 Å². The molecule has 0 bridgehead atoms. The van der Waals surface area contributed by atoms with Gasteiger partial charge in [-0.1, -0.05) is 6.07 Å². The van der Waals surface area contributed by atoms with Crippen LogP contribution in [0.1, 0.15) is 35.8 Å². The fourth-order valence-corrected chi connectivity index (χ4v) is 3.50. The summed E-state index contributed by atoms with van der Waals surface area (Å²) in [5.41, 5.74) is 3.28. The first-order valence-corrected chi connectivity index (χ1v) is 9.15. The number of aliphatic hydroxyl groups is 1. The fourth-order valence-electron chi connectivity index (χ4n) is 2.96. The normalized spacial score (nSPS) is 19.1. The van der Waals surface area contributed by atoms with Gasteiger partial charge in [0, 0.05) is 30.0 Å². The molecule has 128 valence electrons. The van der Waals surface area contributed by atoms with Crippen molar-refractivity contribution in [1.29, 1.82) is 0 Å². The number of hydrogen-bond acceptors (Lipinski definition) is 5. The third kappa shape index (κ3) is 4.13. The van der Waals surface area contributed by atoms with Crippen LogP contribution in [0.2, 0.25) is 0 Å². The lowest BCUT2D eigenvalue weighted by atomic mass is 9.93. The van der Waals surface area contributed by atoms with Crippen LogP contribution >= 0.6 is 11.3 Å². The monoisotopic (exact) mass is 346 g/mol. The van der Waals surface area contributed by atoms with Crippen LogP contribution in [0.5, 0.6) is 5.75 Å². The van der Waals surface area contributed by atoms with Crippen LogP contribution in [-0.4, -0.2) is 40.1 Å². The first kappa shape index (κ1) is 16.9. The van der Waals surface area contributed by atoms with Crippen molar-refractivity contribution in [2.75, 3.05) is 13.1 Å². The summed E-state index contributed by atoms with van der Waals surface area (Å²) in [5.74, 6) is 0.823. The number of likely N-dealkylation sites (tertiary alicyclic amines) is 1. The maximum Gasteiger partial charge on any atom is 0.253 e. The van der Waals surface area contributed by atoms with E-state index in [4.69, 9.17) is 4.74 Å². The zero-order chi connectivity index (χ0) is 16.9. The van der Waals surface area contributed by atoms with Crippen LogP contribution in [-0.2, 0) is 6.61 Å². The molecule has 2 unspecified atom stereocenters. The van der Waals surface area contributed by atoms with Crippen molar-refractivity contribution in [3.8, 4) is 5.75 Å². The van der Waals surface area contributed by atoms with E-state index in [1.165, 1.54) is 11.3 Å². The number of benzene rings is 1. The van der Waals surface area contributed by atoms with Gasteiger partial charge in [0.05, 0.1) is 17.3 Å². The fraction of sp³-hybridized carbons (Fsp3) is 0.444. The largest absolute Gasteiger partial charge is 0.487 e. The Morgan fingerprint density at radius 3 is 3.17 bits per heavy atom. The Labute approximate surface area is 145 Å². The average Bonchev–Trinajstić information content (AvgIpc) is 3.13. The highest BCUT2D eigenvalue weighted by Crippen LogP contribution is 2.23. The number of ether oxygens (including phenoxy) is 1. The van der Waals surface area contributed by atoms with Crippen molar-refractivity contribution < 1.29 is 14.6 Å². The molecule has 1 aliphatic rings. The molecule has 6 heteroatoms. The van der Waals surface area contributed by atoms with Crippen molar-refractivity contribution in [3.63, 3.8) is 0 Å². The summed E-state index contributed by atoms with van der Waals surface area (Å²) in [6.45, 7) is 3.55. The second kappa shape index (κ2) is 7.77. The number of carbonyl (C=O) groups excluding carboxylic acids is 1. The zero-order valence-electron chi connectivity index (χ0n) is 13.7. The van der Waals surface area contributed by atoms with Gasteiger partial charge in [-0.3, -0.25) is 4.79 Å². The van der Waals surface area contributed by atoms with Gasteiger partial charge in [0.1, 0.15) is 12.4 Å². The summed E-state index contributed by atoms with van der Waals surface area (Å²) >= 11 is 1.53. The minimum absolute atomic E-state index is 0.000502. The van der Waals surface area contributed by atoms with Crippen LogP contribution in [0.3, 0.4) is 0 Å². The Balaban J connectivity index is 1.65. The van der Waals surface area contributed by atoms with Crippen LogP contribution in [0, 0.1) is 5.92 Å². The highest BCUT2D eigenvalue weighted by Gasteiger charge is 2.27. The molecular weight excluding hydrogens is 324 g/mol. The molecule has 0 saturated carbocycles. The first-order chi connectivity index (χ1) is 11.6. The Bertz CT molecular complexity index is 673. The molecule has 1 aromatic carbocycles. The molecule has 1 saturated heterocycles. The topological polar surface area (TPSA) is 62.7 Å². The van der Waals surface area contributed by atoms with Crippen molar-refractivity contribution in [2.45, 2.75) is 32.5 Å². The van der Waals surface area contributed by atoms with Gasteiger partial charge in [-0.15, -0.1) is 11.3 Å². The van der Waals surface area contributed by atoms with E-state index in [0.29, 0.717) is 24.5 Å². The summed E-state index contributed by atoms with van der Waals surface area (Å²) < 4.78 is 5.72. The smallest absolute Gasteiger partial charge is 0.253 e. The zero-order valence-corrected chi connectivity index (χ0v) is 14.5. The quantitative estimate of drug-likeness (QED) is 0.904. The second-order valence-corrected chi connectivity index (χ2v) is 6.91. The predicted octanol–water partition coefficient (Wildman–Crippen LogP) is 2.96. The number of carbonyl (C=O) groups is 1. The second-order valence-electron chi connectivity index (χ2n) is 6.19. The Kier molecular flexibility index (Phi) is 5.48. The molecule has 3 rings (SSSR count). The molecule has 1 fully saturated rings. The molecule has 0 spiro atoms. The third-order valence-electron chi connectivity index (χ3n) is 4.38. The molecule has 2 heterocycles. The van der Waals surface area contributed by atoms with Gasteiger partial charge in [0.25, 0.3) is 5.91 Å². The van der Waals surface area contributed by atoms with E-state index in [-0.39, 0.29) is 17.9 Å².